The molecule has 0 bridgehead atoms. The molecule has 3 rings (SSSR count). The molecular formula is C31H38FN3O5S. The molecule has 3 aromatic rings. The Bertz CT molecular complexity index is 1410. The molecule has 0 heterocycles. The van der Waals surface area contributed by atoms with E-state index in [1.165, 1.54) is 29.2 Å². The molecule has 0 aliphatic rings. The van der Waals surface area contributed by atoms with Crippen molar-refractivity contribution in [1.82, 2.24) is 10.2 Å². The first-order valence-corrected chi connectivity index (χ1v) is 15.0. The first kappa shape index (κ1) is 31.6. The number of ether oxygens (including phenoxy) is 1. The van der Waals surface area contributed by atoms with E-state index in [1.807, 2.05) is 20.8 Å². The number of aryl methyl sites for hydroxylation is 1. The third-order valence-electron chi connectivity index (χ3n) is 6.90. The Morgan fingerprint density at radius 1 is 0.927 bits per heavy atom. The molecule has 0 aliphatic carbocycles. The zero-order chi connectivity index (χ0) is 30.2. The lowest BCUT2D eigenvalue weighted by Crippen LogP contribution is -2.53. The van der Waals surface area contributed by atoms with E-state index in [0.29, 0.717) is 18.6 Å². The standard InChI is InChI=1S/C31H38FN3O5S/c1-6-23(4)33-31(37)29(7-2)34(20-24-10-16-27(40-5)17-11-24)30(36)21-35(26-14-12-25(32)13-15-26)41(38,39)28-18-8-22(3)9-19-28/h8-19,23,29H,6-7,20-21H2,1-5H3,(H,33,37)/t23-,29+/m0/s1. The van der Waals surface area contributed by atoms with Gasteiger partial charge in [0.2, 0.25) is 11.8 Å². The highest BCUT2D eigenvalue weighted by Gasteiger charge is 2.34. The molecule has 0 radical (unpaired) electrons. The fourth-order valence-electron chi connectivity index (χ4n) is 4.26. The van der Waals surface area contributed by atoms with E-state index >= 15 is 0 Å². The van der Waals surface area contributed by atoms with Crippen molar-refractivity contribution < 1.29 is 27.1 Å². The molecule has 41 heavy (non-hydrogen) atoms. The lowest BCUT2D eigenvalue weighted by Gasteiger charge is -2.33. The van der Waals surface area contributed by atoms with E-state index in [9.17, 15) is 22.4 Å². The summed E-state index contributed by atoms with van der Waals surface area (Å²) in [7, 11) is -2.67. The van der Waals surface area contributed by atoms with Crippen molar-refractivity contribution in [1.29, 1.82) is 0 Å². The Morgan fingerprint density at radius 2 is 1.54 bits per heavy atom. The maximum absolute atomic E-state index is 14.1. The summed E-state index contributed by atoms with van der Waals surface area (Å²) in [5, 5.41) is 2.95. The molecule has 2 atom stereocenters. The molecule has 0 saturated heterocycles. The first-order chi connectivity index (χ1) is 19.5. The molecule has 0 saturated carbocycles. The molecule has 220 valence electrons. The van der Waals surface area contributed by atoms with Crippen LogP contribution < -0.4 is 14.4 Å². The van der Waals surface area contributed by atoms with Crippen molar-refractivity contribution >= 4 is 27.5 Å². The largest absolute Gasteiger partial charge is 0.497 e. The van der Waals surface area contributed by atoms with Crippen LogP contribution >= 0.6 is 0 Å². The quantitative estimate of drug-likeness (QED) is 0.304. The maximum Gasteiger partial charge on any atom is 0.264 e. The maximum atomic E-state index is 14.1. The Kier molecular flexibility index (Phi) is 10.9. The highest BCUT2D eigenvalue weighted by molar-refractivity contribution is 7.92. The van der Waals surface area contributed by atoms with E-state index in [4.69, 9.17) is 4.74 Å². The topological polar surface area (TPSA) is 96.0 Å². The Morgan fingerprint density at radius 3 is 2.07 bits per heavy atom. The van der Waals surface area contributed by atoms with Gasteiger partial charge in [0.25, 0.3) is 10.0 Å². The van der Waals surface area contributed by atoms with Gasteiger partial charge in [-0.3, -0.25) is 13.9 Å². The van der Waals surface area contributed by atoms with Gasteiger partial charge in [-0.05, 0) is 80.8 Å². The number of nitrogens with zero attached hydrogens (tertiary/aromatic N) is 2. The number of nitrogens with one attached hydrogen (secondary N) is 1. The fourth-order valence-corrected chi connectivity index (χ4v) is 5.68. The second-order valence-corrected chi connectivity index (χ2v) is 11.8. The van der Waals surface area contributed by atoms with Crippen molar-refractivity contribution in [2.75, 3.05) is 18.0 Å². The number of hydrogen-bond acceptors (Lipinski definition) is 5. The second-order valence-electron chi connectivity index (χ2n) is 9.91. The number of amides is 2. The third-order valence-corrected chi connectivity index (χ3v) is 8.69. The molecule has 10 heteroatoms. The normalized spacial score (nSPS) is 12.7. The molecule has 1 N–H and O–H groups in total. The van der Waals surface area contributed by atoms with Crippen LogP contribution in [0.1, 0.15) is 44.7 Å². The van der Waals surface area contributed by atoms with Crippen LogP contribution in [0.4, 0.5) is 10.1 Å². The molecule has 0 unspecified atom stereocenters. The van der Waals surface area contributed by atoms with Crippen LogP contribution in [0, 0.1) is 12.7 Å². The number of benzene rings is 3. The van der Waals surface area contributed by atoms with Gasteiger partial charge in [0.05, 0.1) is 17.7 Å². The molecule has 0 spiro atoms. The van der Waals surface area contributed by atoms with Crippen LogP contribution in [-0.2, 0) is 26.2 Å². The van der Waals surface area contributed by atoms with E-state index in [-0.39, 0.29) is 29.1 Å². The summed E-state index contributed by atoms with van der Waals surface area (Å²) in [4.78, 5) is 28.8. The zero-order valence-corrected chi connectivity index (χ0v) is 24.9. The minimum absolute atomic E-state index is 0.0107. The lowest BCUT2D eigenvalue weighted by atomic mass is 10.1. The Balaban J connectivity index is 2.05. The number of halogens is 1. The molecule has 0 fully saturated rings. The number of hydrogen-bond donors (Lipinski definition) is 1. The van der Waals surface area contributed by atoms with Crippen LogP contribution in [0.3, 0.4) is 0 Å². The minimum atomic E-state index is -4.22. The molecular weight excluding hydrogens is 545 g/mol. The lowest BCUT2D eigenvalue weighted by molar-refractivity contribution is -0.140. The van der Waals surface area contributed by atoms with Gasteiger partial charge in [-0.25, -0.2) is 12.8 Å². The summed E-state index contributed by atoms with van der Waals surface area (Å²) in [5.41, 5.74) is 1.74. The highest BCUT2D eigenvalue weighted by atomic mass is 32.2. The van der Waals surface area contributed by atoms with Crippen LogP contribution in [0.25, 0.3) is 0 Å². The van der Waals surface area contributed by atoms with E-state index in [1.54, 1.807) is 50.4 Å². The van der Waals surface area contributed by atoms with Crippen molar-refractivity contribution in [3.63, 3.8) is 0 Å². The van der Waals surface area contributed by atoms with Crippen molar-refractivity contribution in [3.05, 3.63) is 89.7 Å². The number of sulfonamides is 1. The summed E-state index contributed by atoms with van der Waals surface area (Å²) >= 11 is 0. The summed E-state index contributed by atoms with van der Waals surface area (Å²) in [6, 6.07) is 17.3. The van der Waals surface area contributed by atoms with Crippen molar-refractivity contribution in [3.8, 4) is 5.75 Å². The number of methoxy groups -OCH3 is 1. The number of carbonyl (C=O) groups is 2. The first-order valence-electron chi connectivity index (χ1n) is 13.6. The SMILES string of the molecule is CC[C@H](C(=O)N[C@@H](C)CC)N(Cc1ccc(OC)cc1)C(=O)CN(c1ccc(F)cc1)S(=O)(=O)c1ccc(C)cc1. The number of rotatable bonds is 13. The van der Waals surface area contributed by atoms with Gasteiger partial charge in [-0.15, -0.1) is 0 Å². The second kappa shape index (κ2) is 14.1. The van der Waals surface area contributed by atoms with Gasteiger partial charge in [0.15, 0.2) is 0 Å². The Hall–Kier alpha value is -3.92. The molecule has 0 aliphatic heterocycles. The van der Waals surface area contributed by atoms with Crippen molar-refractivity contribution in [2.45, 2.75) is 64.1 Å². The summed E-state index contributed by atoms with van der Waals surface area (Å²) in [5.74, 6) is -0.799. The predicted molar refractivity (Wildman–Crippen MR) is 158 cm³/mol. The molecule has 0 aromatic heterocycles. The van der Waals surface area contributed by atoms with Gasteiger partial charge in [-0.1, -0.05) is 43.7 Å². The van der Waals surface area contributed by atoms with Crippen LogP contribution in [0.5, 0.6) is 5.75 Å². The number of anilines is 1. The summed E-state index contributed by atoms with van der Waals surface area (Å²) < 4.78 is 47.7. The molecule has 8 nitrogen and oxygen atoms in total. The minimum Gasteiger partial charge on any atom is -0.497 e. The van der Waals surface area contributed by atoms with Gasteiger partial charge < -0.3 is 15.0 Å². The smallest absolute Gasteiger partial charge is 0.264 e. The van der Waals surface area contributed by atoms with Gasteiger partial charge in [-0.2, -0.15) is 0 Å². The van der Waals surface area contributed by atoms with E-state index in [2.05, 4.69) is 5.32 Å². The average molecular weight is 584 g/mol. The van der Waals surface area contributed by atoms with Crippen molar-refractivity contribution in [2.24, 2.45) is 0 Å². The number of carbonyl (C=O) groups excluding carboxylic acids is 2. The predicted octanol–water partition coefficient (Wildman–Crippen LogP) is 5.06. The summed E-state index contributed by atoms with van der Waals surface area (Å²) in [6.07, 6.45) is 1.02. The van der Waals surface area contributed by atoms with E-state index < -0.39 is 34.3 Å². The Labute approximate surface area is 242 Å². The van der Waals surface area contributed by atoms with Crippen LogP contribution in [0.15, 0.2) is 77.7 Å². The average Bonchev–Trinajstić information content (AvgIpc) is 2.96. The van der Waals surface area contributed by atoms with E-state index in [0.717, 1.165) is 27.6 Å². The van der Waals surface area contributed by atoms with Gasteiger partial charge >= 0.3 is 0 Å². The summed E-state index contributed by atoms with van der Waals surface area (Å²) in [6.45, 7) is 6.94. The third kappa shape index (κ3) is 8.07. The van der Waals surface area contributed by atoms with Crippen LogP contribution in [-0.4, -0.2) is 50.9 Å². The molecule has 2 amide bonds. The zero-order valence-electron chi connectivity index (χ0n) is 24.1. The monoisotopic (exact) mass is 583 g/mol. The van der Waals surface area contributed by atoms with Gasteiger partial charge in [0, 0.05) is 12.6 Å². The molecule has 3 aromatic carbocycles. The van der Waals surface area contributed by atoms with Crippen LogP contribution in [0.2, 0.25) is 0 Å². The highest BCUT2D eigenvalue weighted by Crippen LogP contribution is 2.26. The van der Waals surface area contributed by atoms with Gasteiger partial charge in [0.1, 0.15) is 24.2 Å². The fraction of sp³-hybridized carbons (Fsp3) is 0.355.